The number of nitrogens with one attached hydrogen (secondary N) is 2. The Morgan fingerprint density at radius 2 is 0.958 bits per heavy atom. The van der Waals surface area contributed by atoms with Gasteiger partial charge in [0.1, 0.15) is 74.1 Å². The summed E-state index contributed by atoms with van der Waals surface area (Å²) in [5, 5.41) is 32.6. The number of hydrogen-bond acceptors (Lipinski definition) is 17. The zero-order valence-corrected chi connectivity index (χ0v) is 55.3. The molecule has 1 aliphatic carbocycles. The van der Waals surface area contributed by atoms with E-state index in [1.807, 2.05) is 172 Å². The Morgan fingerprint density at radius 3 is 1.41 bits per heavy atom. The first-order valence-electron chi connectivity index (χ1n) is 33.7. The number of hydrogen-bond donors (Lipinski definition) is 4. The number of fused-ring (bicyclic) bond motifs is 3. The summed E-state index contributed by atoms with van der Waals surface area (Å²) in [4.78, 5) is 42.0. The van der Waals surface area contributed by atoms with Gasteiger partial charge in [-0.3, -0.25) is 4.79 Å². The first-order valence-corrected chi connectivity index (χ1v) is 35.7. The quantitative estimate of drug-likeness (QED) is 0.0336. The number of aliphatic hydroxyl groups is 2. The van der Waals surface area contributed by atoms with Gasteiger partial charge in [0.05, 0.1) is 43.0 Å². The van der Waals surface area contributed by atoms with Crippen molar-refractivity contribution >= 4 is 36.8 Å². The number of carbonyl (C=O) groups is 3. The van der Waals surface area contributed by atoms with Crippen molar-refractivity contribution in [1.29, 1.82) is 0 Å². The summed E-state index contributed by atoms with van der Waals surface area (Å²) in [6.07, 6.45) is -14.7. The van der Waals surface area contributed by atoms with Crippen LogP contribution in [-0.2, 0) is 74.5 Å². The van der Waals surface area contributed by atoms with E-state index in [-0.39, 0.29) is 43.7 Å². The van der Waals surface area contributed by atoms with Crippen LogP contribution in [0.1, 0.15) is 114 Å². The Bertz CT molecular complexity index is 3430. The normalized spacial score (nSPS) is 33.8. The fourth-order valence-electron chi connectivity index (χ4n) is 15.4. The Balaban J connectivity index is 0.864. The van der Waals surface area contributed by atoms with E-state index >= 15 is 0 Å². The minimum Gasteiger partial charge on any atom is -0.459 e. The van der Waals surface area contributed by atoms with Crippen LogP contribution in [0.3, 0.4) is 0 Å². The Kier molecular flexibility index (Phi) is 20.7. The lowest BCUT2D eigenvalue weighted by molar-refractivity contribution is -0.328. The van der Waals surface area contributed by atoms with E-state index in [9.17, 15) is 24.6 Å². The Labute approximate surface area is 556 Å². The van der Waals surface area contributed by atoms with Crippen molar-refractivity contribution in [2.24, 2.45) is 11.8 Å². The SMILES string of the molecule is CC[C@H]1O[C@@H](O[C@@H]2[C@H]3OC(=O)C[C@@H]3C[C@H](C)[C@H]2O[C@H]2O[C@@H]3CCC(c4ccccc4)O[C@H]3[C@@H](O)[C@H]2NC(=O)OCc2ccccc2)[C@H](O[Si](c2ccccc2)(c2ccccc2)C(C)(C)C)[C@@H]1O[C@H]1O[C@H]2CCC(c3ccccc3)O[C@H]2[C@H](O)[C@H]1NC(=O)OCc1ccccc1. The maximum atomic E-state index is 14.2. The number of amides is 2. The van der Waals surface area contributed by atoms with Gasteiger partial charge in [0.25, 0.3) is 8.32 Å². The van der Waals surface area contributed by atoms with Crippen LogP contribution >= 0.6 is 0 Å². The molecule has 6 aliphatic heterocycles. The van der Waals surface area contributed by atoms with Crippen molar-refractivity contribution < 1.29 is 81.1 Å². The molecule has 20 heteroatoms. The van der Waals surface area contributed by atoms with Crippen LogP contribution in [0.4, 0.5) is 9.59 Å². The second kappa shape index (κ2) is 29.4. The number of rotatable bonds is 19. The second-order valence-electron chi connectivity index (χ2n) is 27.3. The third kappa shape index (κ3) is 14.4. The fraction of sp³-hybridized carbons (Fsp3) is 0.480. The molecule has 0 radical (unpaired) electrons. The number of benzene rings is 6. The Hall–Kier alpha value is -6.89. The molecule has 6 heterocycles. The molecule has 6 aromatic carbocycles. The van der Waals surface area contributed by atoms with E-state index in [2.05, 4.69) is 55.7 Å². The number of aliphatic hydroxyl groups excluding tert-OH is 2. The lowest BCUT2D eigenvalue weighted by Gasteiger charge is -2.51. The predicted octanol–water partition coefficient (Wildman–Crippen LogP) is 9.80. The van der Waals surface area contributed by atoms with Crippen LogP contribution in [0.5, 0.6) is 0 Å². The highest BCUT2D eigenvalue weighted by molar-refractivity contribution is 6.99. The van der Waals surface area contributed by atoms with Crippen LogP contribution in [-0.4, -0.2) is 141 Å². The lowest BCUT2D eigenvalue weighted by Crippen LogP contribution is -2.70. The highest BCUT2D eigenvalue weighted by Gasteiger charge is 2.62. The van der Waals surface area contributed by atoms with Crippen LogP contribution in [0.15, 0.2) is 182 Å². The number of esters is 1. The predicted molar refractivity (Wildman–Crippen MR) is 351 cm³/mol. The van der Waals surface area contributed by atoms with Gasteiger partial charge in [-0.25, -0.2) is 9.59 Å². The molecule has 0 aromatic heterocycles. The standard InChI is InChI=1S/C75H88N2O17Si/c1-6-53-67(92-71-60(77-74(82)84-44-47-27-15-8-16-28-47)62(80)66-57(89-71)40-38-55(86-66)49-31-19-10-20-32-49)69(94-95(75(3,4)5,51-33-21-11-22-34-51)52-35-23-12-24-36-52)72(87-53)93-68-63(45(2)41-50-42-58(78)90-64(50)68)91-70-59(76-73(81)83-43-46-25-13-7-14-26-46)61(79)65-56(88-70)39-37-54(85-65)48-29-17-9-18-30-48/h7-36,45,50,53-57,59-72,79-80H,6,37-44H2,1-5H3,(H,76,81)(H,77,82)/t45-,50-,53+,54?,55?,56+,57-,59+,60+,61-,62+,63+,64-,65+,66+,67+,68-,69+,70+,71+,72-/m0/s1. The average Bonchev–Trinajstić information content (AvgIpc) is 1.73. The highest BCUT2D eigenvalue weighted by Crippen LogP contribution is 2.48. The van der Waals surface area contributed by atoms with Gasteiger partial charge >= 0.3 is 18.2 Å². The molecule has 13 rings (SSSR count). The summed E-state index contributed by atoms with van der Waals surface area (Å²) >= 11 is 0. The summed E-state index contributed by atoms with van der Waals surface area (Å²) in [6, 6.07) is 56.1. The minimum absolute atomic E-state index is 0.0386. The van der Waals surface area contributed by atoms with Gasteiger partial charge in [-0.05, 0) is 82.1 Å². The molecule has 2 unspecified atom stereocenters. The molecule has 7 aliphatic rings. The van der Waals surface area contributed by atoms with Gasteiger partial charge < -0.3 is 77.4 Å². The second-order valence-corrected chi connectivity index (χ2v) is 31.6. The maximum Gasteiger partial charge on any atom is 0.407 e. The molecule has 6 saturated heterocycles. The van der Waals surface area contributed by atoms with Crippen LogP contribution < -0.4 is 21.0 Å². The fourth-order valence-corrected chi connectivity index (χ4v) is 20.1. The van der Waals surface area contributed by atoms with Gasteiger partial charge in [-0.1, -0.05) is 217 Å². The van der Waals surface area contributed by atoms with Crippen molar-refractivity contribution in [2.75, 3.05) is 0 Å². The monoisotopic (exact) mass is 1320 g/mol. The Morgan fingerprint density at radius 1 is 0.526 bits per heavy atom. The zero-order valence-electron chi connectivity index (χ0n) is 54.3. The van der Waals surface area contributed by atoms with E-state index in [1.54, 1.807) is 0 Å². The van der Waals surface area contributed by atoms with Gasteiger partial charge in [0, 0.05) is 5.92 Å². The van der Waals surface area contributed by atoms with Gasteiger partial charge in [-0.15, -0.1) is 0 Å². The van der Waals surface area contributed by atoms with E-state index in [4.69, 9.17) is 56.5 Å². The molecule has 21 atom stereocenters. The third-order valence-electron chi connectivity index (χ3n) is 20.1. The van der Waals surface area contributed by atoms with E-state index in [0.717, 1.165) is 32.6 Å². The zero-order chi connectivity index (χ0) is 65.8. The van der Waals surface area contributed by atoms with Crippen LogP contribution in [0.25, 0.3) is 0 Å². The summed E-state index contributed by atoms with van der Waals surface area (Å²) in [5.41, 5.74) is 3.44. The molecule has 19 nitrogen and oxygen atoms in total. The molecule has 1 saturated carbocycles. The summed E-state index contributed by atoms with van der Waals surface area (Å²) < 4.78 is 83.2. The molecule has 0 bridgehead atoms. The smallest absolute Gasteiger partial charge is 0.407 e. The summed E-state index contributed by atoms with van der Waals surface area (Å²) in [6.45, 7) is 10.4. The molecule has 2 amide bonds. The molecule has 0 spiro atoms. The van der Waals surface area contributed by atoms with E-state index < -0.39 is 136 Å². The summed E-state index contributed by atoms with van der Waals surface area (Å²) in [5.74, 6) is -1.03. The first-order chi connectivity index (χ1) is 46.1. The molecule has 4 N–H and O–H groups in total. The van der Waals surface area contributed by atoms with E-state index in [0.29, 0.717) is 38.5 Å². The van der Waals surface area contributed by atoms with Gasteiger partial charge in [0.2, 0.25) is 0 Å². The molecule has 6 aromatic rings. The van der Waals surface area contributed by atoms with Crippen LogP contribution in [0.2, 0.25) is 5.04 Å². The largest absolute Gasteiger partial charge is 0.459 e. The van der Waals surface area contributed by atoms with Crippen LogP contribution in [0, 0.1) is 11.8 Å². The van der Waals surface area contributed by atoms with E-state index in [1.165, 1.54) is 0 Å². The first kappa shape index (κ1) is 66.7. The highest BCUT2D eigenvalue weighted by atomic mass is 28.4. The molecular weight excluding hydrogens is 1230 g/mol. The molecule has 95 heavy (non-hydrogen) atoms. The topological polar surface area (TPSA) is 226 Å². The van der Waals surface area contributed by atoms with Crippen molar-refractivity contribution in [3.05, 3.63) is 204 Å². The van der Waals surface area contributed by atoms with Crippen molar-refractivity contribution in [1.82, 2.24) is 10.6 Å². The van der Waals surface area contributed by atoms with Gasteiger partial charge in [0.15, 0.2) is 18.9 Å². The van der Waals surface area contributed by atoms with Gasteiger partial charge in [-0.2, -0.15) is 0 Å². The third-order valence-corrected chi connectivity index (χ3v) is 25.1. The minimum atomic E-state index is -3.62. The van der Waals surface area contributed by atoms with Crippen molar-refractivity contribution in [3.63, 3.8) is 0 Å². The molecule has 7 fully saturated rings. The van der Waals surface area contributed by atoms with Crippen molar-refractivity contribution in [2.45, 2.75) is 214 Å². The number of alkyl carbamates (subject to hydrolysis) is 2. The summed E-state index contributed by atoms with van der Waals surface area (Å²) in [7, 11) is -3.62. The number of carbonyl (C=O) groups excluding carboxylic acids is 3. The van der Waals surface area contributed by atoms with Crippen molar-refractivity contribution in [3.8, 4) is 0 Å². The molecule has 504 valence electrons. The number of ether oxygens (including phenoxy) is 11. The average molecular weight is 1320 g/mol. The molecular formula is C75H88N2O17Si. The lowest BCUT2D eigenvalue weighted by atomic mass is 9.76. The maximum absolute atomic E-state index is 14.2.